The van der Waals surface area contributed by atoms with Gasteiger partial charge in [-0.3, -0.25) is 9.59 Å². The molecule has 0 bridgehead atoms. The lowest BCUT2D eigenvalue weighted by molar-refractivity contribution is -0.138. The summed E-state index contributed by atoms with van der Waals surface area (Å²) in [4.78, 5) is 24.3. The normalized spacial score (nSPS) is 10.2. The number of carboxylic acid groups (broad SMARTS) is 1. The molecule has 0 aliphatic rings. The molecular weight excluding hydrogens is 258 g/mol. The Morgan fingerprint density at radius 3 is 2.45 bits per heavy atom. The van der Waals surface area contributed by atoms with E-state index in [1.54, 1.807) is 12.0 Å². The maximum atomic E-state index is 12.1. The summed E-state index contributed by atoms with van der Waals surface area (Å²) in [6.07, 6.45) is 1.00. The van der Waals surface area contributed by atoms with Crippen LogP contribution in [0.1, 0.15) is 18.4 Å². The molecule has 5 nitrogen and oxygen atoms in total. The Morgan fingerprint density at radius 2 is 1.85 bits per heavy atom. The topological polar surface area (TPSA) is 66.8 Å². The van der Waals surface area contributed by atoms with Crippen LogP contribution < -0.4 is 0 Å². The van der Waals surface area contributed by atoms with E-state index in [2.05, 4.69) is 0 Å². The Labute approximate surface area is 119 Å². The SMILES string of the molecule is COCCN(CCC(=O)O)C(=O)CCc1ccccc1. The van der Waals surface area contributed by atoms with Crippen molar-refractivity contribution in [2.45, 2.75) is 19.3 Å². The fraction of sp³-hybridized carbons (Fsp3) is 0.467. The first-order valence-electron chi connectivity index (χ1n) is 6.66. The summed E-state index contributed by atoms with van der Waals surface area (Å²) in [5.74, 6) is -0.935. The van der Waals surface area contributed by atoms with Gasteiger partial charge in [-0.2, -0.15) is 0 Å². The first kappa shape index (κ1) is 16.2. The van der Waals surface area contributed by atoms with Crippen LogP contribution in [-0.4, -0.2) is 48.7 Å². The molecule has 1 aromatic rings. The number of aryl methyl sites for hydroxylation is 1. The van der Waals surface area contributed by atoms with Gasteiger partial charge in [-0.15, -0.1) is 0 Å². The standard InChI is InChI=1S/C15H21NO4/c1-20-12-11-16(10-9-15(18)19)14(17)8-7-13-5-3-2-4-6-13/h2-6H,7-12H2,1H3,(H,18,19). The molecule has 0 unspecified atom stereocenters. The highest BCUT2D eigenvalue weighted by Gasteiger charge is 2.14. The molecule has 20 heavy (non-hydrogen) atoms. The molecule has 110 valence electrons. The van der Waals surface area contributed by atoms with Crippen molar-refractivity contribution < 1.29 is 19.4 Å². The fourth-order valence-electron chi connectivity index (χ4n) is 1.85. The molecule has 0 saturated carbocycles. The summed E-state index contributed by atoms with van der Waals surface area (Å²) in [6.45, 7) is 1.07. The monoisotopic (exact) mass is 279 g/mol. The molecule has 1 amide bonds. The van der Waals surface area contributed by atoms with Crippen molar-refractivity contribution in [1.82, 2.24) is 4.90 Å². The number of aliphatic carboxylic acids is 1. The van der Waals surface area contributed by atoms with Crippen molar-refractivity contribution in [2.75, 3.05) is 26.8 Å². The van der Waals surface area contributed by atoms with E-state index in [1.807, 2.05) is 30.3 Å². The minimum atomic E-state index is -0.900. The summed E-state index contributed by atoms with van der Waals surface area (Å²) in [6, 6.07) is 9.76. The predicted octanol–water partition coefficient (Wildman–Crippen LogP) is 1.57. The van der Waals surface area contributed by atoms with Crippen LogP contribution in [0.25, 0.3) is 0 Å². The van der Waals surface area contributed by atoms with Gasteiger partial charge in [0.1, 0.15) is 0 Å². The molecular formula is C15H21NO4. The third-order valence-corrected chi connectivity index (χ3v) is 2.98. The lowest BCUT2D eigenvalue weighted by Crippen LogP contribution is -2.35. The van der Waals surface area contributed by atoms with E-state index in [0.717, 1.165) is 5.56 Å². The number of amides is 1. The molecule has 0 saturated heterocycles. The van der Waals surface area contributed by atoms with Gasteiger partial charge in [-0.1, -0.05) is 30.3 Å². The van der Waals surface area contributed by atoms with E-state index in [0.29, 0.717) is 26.0 Å². The van der Waals surface area contributed by atoms with E-state index in [-0.39, 0.29) is 18.9 Å². The number of rotatable bonds is 9. The predicted molar refractivity (Wildman–Crippen MR) is 75.5 cm³/mol. The average Bonchev–Trinajstić information content (AvgIpc) is 2.45. The van der Waals surface area contributed by atoms with Crippen molar-refractivity contribution in [2.24, 2.45) is 0 Å². The van der Waals surface area contributed by atoms with Gasteiger partial charge < -0.3 is 14.7 Å². The Bertz CT molecular complexity index is 419. The number of nitrogens with zero attached hydrogens (tertiary/aromatic N) is 1. The van der Waals surface area contributed by atoms with Gasteiger partial charge in [0.15, 0.2) is 0 Å². The van der Waals surface area contributed by atoms with Crippen molar-refractivity contribution in [3.05, 3.63) is 35.9 Å². The number of carbonyl (C=O) groups excluding carboxylic acids is 1. The number of hydrogen-bond acceptors (Lipinski definition) is 3. The molecule has 0 aromatic heterocycles. The third-order valence-electron chi connectivity index (χ3n) is 2.98. The fourth-order valence-corrected chi connectivity index (χ4v) is 1.85. The molecule has 0 radical (unpaired) electrons. The third kappa shape index (κ3) is 6.33. The number of carboxylic acids is 1. The van der Waals surface area contributed by atoms with Crippen LogP contribution in [0, 0.1) is 0 Å². The minimum absolute atomic E-state index is 0.0350. The van der Waals surface area contributed by atoms with Gasteiger partial charge in [0.05, 0.1) is 13.0 Å². The number of carbonyl (C=O) groups is 2. The van der Waals surface area contributed by atoms with Crippen LogP contribution in [0.4, 0.5) is 0 Å². The van der Waals surface area contributed by atoms with Gasteiger partial charge in [-0.25, -0.2) is 0 Å². The van der Waals surface area contributed by atoms with E-state index >= 15 is 0 Å². The molecule has 1 aromatic carbocycles. The van der Waals surface area contributed by atoms with Crippen molar-refractivity contribution in [3.63, 3.8) is 0 Å². The molecule has 0 aliphatic heterocycles. The molecule has 0 fully saturated rings. The highest BCUT2D eigenvalue weighted by molar-refractivity contribution is 5.77. The molecule has 1 N–H and O–H groups in total. The van der Waals surface area contributed by atoms with Crippen LogP contribution in [0.2, 0.25) is 0 Å². The van der Waals surface area contributed by atoms with E-state index in [4.69, 9.17) is 9.84 Å². The van der Waals surface area contributed by atoms with Gasteiger partial charge >= 0.3 is 5.97 Å². The zero-order chi connectivity index (χ0) is 14.8. The highest BCUT2D eigenvalue weighted by atomic mass is 16.5. The molecule has 0 atom stereocenters. The summed E-state index contributed by atoms with van der Waals surface area (Å²) in [5.41, 5.74) is 1.10. The molecule has 0 heterocycles. The zero-order valence-corrected chi connectivity index (χ0v) is 11.7. The summed E-state index contributed by atoms with van der Waals surface area (Å²) in [5, 5.41) is 8.71. The summed E-state index contributed by atoms with van der Waals surface area (Å²) in [7, 11) is 1.56. The summed E-state index contributed by atoms with van der Waals surface area (Å²) >= 11 is 0. The number of hydrogen-bond donors (Lipinski definition) is 1. The second kappa shape index (κ2) is 9.09. The van der Waals surface area contributed by atoms with E-state index < -0.39 is 5.97 Å². The Morgan fingerprint density at radius 1 is 1.15 bits per heavy atom. The van der Waals surface area contributed by atoms with Gasteiger partial charge in [0, 0.05) is 26.6 Å². The maximum Gasteiger partial charge on any atom is 0.305 e. The molecule has 1 rings (SSSR count). The number of benzene rings is 1. The average molecular weight is 279 g/mol. The largest absolute Gasteiger partial charge is 0.481 e. The quantitative estimate of drug-likeness (QED) is 0.745. The van der Waals surface area contributed by atoms with Crippen LogP contribution in [0.3, 0.4) is 0 Å². The van der Waals surface area contributed by atoms with Crippen LogP contribution in [0.15, 0.2) is 30.3 Å². The lowest BCUT2D eigenvalue weighted by atomic mass is 10.1. The van der Waals surface area contributed by atoms with Gasteiger partial charge in [0.2, 0.25) is 5.91 Å². The van der Waals surface area contributed by atoms with Gasteiger partial charge in [-0.05, 0) is 12.0 Å². The van der Waals surface area contributed by atoms with Crippen molar-refractivity contribution >= 4 is 11.9 Å². The first-order chi connectivity index (χ1) is 9.63. The first-order valence-corrected chi connectivity index (χ1v) is 6.66. The Hall–Kier alpha value is -1.88. The van der Waals surface area contributed by atoms with E-state index in [1.165, 1.54) is 0 Å². The maximum absolute atomic E-state index is 12.1. The minimum Gasteiger partial charge on any atom is -0.481 e. The summed E-state index contributed by atoms with van der Waals surface area (Å²) < 4.78 is 4.95. The Kier molecular flexibility index (Phi) is 7.35. The second-order valence-corrected chi connectivity index (χ2v) is 4.50. The highest BCUT2D eigenvalue weighted by Crippen LogP contribution is 2.05. The Balaban J connectivity index is 2.46. The van der Waals surface area contributed by atoms with Crippen molar-refractivity contribution in [1.29, 1.82) is 0 Å². The zero-order valence-electron chi connectivity index (χ0n) is 11.7. The number of ether oxygens (including phenoxy) is 1. The van der Waals surface area contributed by atoms with E-state index in [9.17, 15) is 9.59 Å². The van der Waals surface area contributed by atoms with Crippen LogP contribution in [0.5, 0.6) is 0 Å². The second-order valence-electron chi connectivity index (χ2n) is 4.50. The number of methoxy groups -OCH3 is 1. The smallest absolute Gasteiger partial charge is 0.305 e. The molecule has 0 spiro atoms. The van der Waals surface area contributed by atoms with Gasteiger partial charge in [0.25, 0.3) is 0 Å². The molecule has 0 aliphatic carbocycles. The van der Waals surface area contributed by atoms with Crippen LogP contribution >= 0.6 is 0 Å². The van der Waals surface area contributed by atoms with Crippen LogP contribution in [-0.2, 0) is 20.7 Å². The molecule has 5 heteroatoms. The lowest BCUT2D eigenvalue weighted by Gasteiger charge is -2.21. The van der Waals surface area contributed by atoms with Crippen molar-refractivity contribution in [3.8, 4) is 0 Å².